The molecule has 0 aromatic heterocycles. The van der Waals surface area contributed by atoms with Crippen molar-refractivity contribution in [2.24, 2.45) is 0 Å². The van der Waals surface area contributed by atoms with E-state index in [0.29, 0.717) is 0 Å². The minimum absolute atomic E-state index is 0.0790. The highest BCUT2D eigenvalue weighted by molar-refractivity contribution is 5.91. The lowest BCUT2D eigenvalue weighted by Gasteiger charge is -2.10. The molecule has 1 N–H and O–H groups in total. The first kappa shape index (κ1) is 18.2. The fourth-order valence-electron chi connectivity index (χ4n) is 1.84. The summed E-state index contributed by atoms with van der Waals surface area (Å²) in [6.45, 7) is -0.689. The van der Waals surface area contributed by atoms with Crippen LogP contribution in [0.5, 0.6) is 5.75 Å². The monoisotopic (exact) mass is 358 g/mol. The van der Waals surface area contributed by atoms with Crippen molar-refractivity contribution in [3.8, 4) is 5.75 Å². The Hall–Kier alpha value is -3.17. The van der Waals surface area contributed by atoms with Gasteiger partial charge in [0.2, 0.25) is 5.75 Å². The van der Waals surface area contributed by atoms with Crippen molar-refractivity contribution in [3.05, 3.63) is 64.0 Å². The first-order valence-electron chi connectivity index (χ1n) is 6.70. The molecule has 0 spiro atoms. The number of carbonyl (C=O) groups is 1. The molecule has 2 rings (SSSR count). The number of carbonyl (C=O) groups excluding carboxylic acids is 1. The molecule has 2 aromatic rings. The topological polar surface area (TPSA) is 81.5 Å². The van der Waals surface area contributed by atoms with Crippen LogP contribution in [0.2, 0.25) is 0 Å². The van der Waals surface area contributed by atoms with E-state index >= 15 is 0 Å². The van der Waals surface area contributed by atoms with Crippen LogP contribution in [0.3, 0.4) is 0 Å². The smallest absolute Gasteiger partial charge is 0.416 e. The zero-order valence-corrected chi connectivity index (χ0v) is 12.3. The van der Waals surface area contributed by atoms with E-state index in [1.807, 2.05) is 0 Å². The van der Waals surface area contributed by atoms with E-state index in [4.69, 9.17) is 4.74 Å². The quantitative estimate of drug-likeness (QED) is 0.501. The van der Waals surface area contributed by atoms with Gasteiger partial charge >= 0.3 is 11.9 Å². The molecule has 0 aliphatic rings. The van der Waals surface area contributed by atoms with E-state index in [9.17, 15) is 32.5 Å². The lowest BCUT2D eigenvalue weighted by Crippen LogP contribution is -2.20. The maximum atomic E-state index is 13.1. The van der Waals surface area contributed by atoms with Crippen molar-refractivity contribution in [3.63, 3.8) is 0 Å². The van der Waals surface area contributed by atoms with Crippen LogP contribution in [0.4, 0.5) is 28.9 Å². The number of hydrogen-bond acceptors (Lipinski definition) is 4. The van der Waals surface area contributed by atoms with E-state index in [0.717, 1.165) is 42.5 Å². The highest BCUT2D eigenvalue weighted by atomic mass is 19.4. The maximum Gasteiger partial charge on any atom is 0.416 e. The van der Waals surface area contributed by atoms with Crippen molar-refractivity contribution >= 4 is 17.3 Å². The van der Waals surface area contributed by atoms with Gasteiger partial charge in [0.05, 0.1) is 10.5 Å². The van der Waals surface area contributed by atoms with Crippen LogP contribution in [-0.2, 0) is 11.0 Å². The number of anilines is 1. The Balaban J connectivity index is 2.00. The van der Waals surface area contributed by atoms with E-state index in [1.165, 1.54) is 0 Å². The second-order valence-electron chi connectivity index (χ2n) is 4.78. The van der Waals surface area contributed by atoms with E-state index < -0.39 is 46.4 Å². The number of amides is 1. The van der Waals surface area contributed by atoms with Crippen LogP contribution >= 0.6 is 0 Å². The molecule has 0 unspecified atom stereocenters. The van der Waals surface area contributed by atoms with Crippen LogP contribution in [0, 0.1) is 15.9 Å². The fourth-order valence-corrected chi connectivity index (χ4v) is 1.84. The maximum absolute atomic E-state index is 13.1. The number of nitrogens with zero attached hydrogens (tertiary/aromatic N) is 1. The summed E-state index contributed by atoms with van der Waals surface area (Å²) in [6, 6.07) is 6.17. The largest absolute Gasteiger partial charge is 0.477 e. The van der Waals surface area contributed by atoms with Crippen LogP contribution in [-0.4, -0.2) is 17.4 Å². The molecule has 0 heterocycles. The van der Waals surface area contributed by atoms with E-state index in [2.05, 4.69) is 5.32 Å². The Bertz CT molecular complexity index is 791. The summed E-state index contributed by atoms with van der Waals surface area (Å²) < 4.78 is 55.3. The third-order valence-electron chi connectivity index (χ3n) is 2.97. The number of nitrogens with one attached hydrogen (secondary N) is 1. The molecule has 2 aromatic carbocycles. The van der Waals surface area contributed by atoms with Gasteiger partial charge in [0.25, 0.3) is 5.91 Å². The Morgan fingerprint density at radius 1 is 1.16 bits per heavy atom. The number of rotatable bonds is 5. The van der Waals surface area contributed by atoms with Gasteiger partial charge in [-0.2, -0.15) is 13.2 Å². The van der Waals surface area contributed by atoms with Crippen molar-refractivity contribution < 1.29 is 32.0 Å². The molecule has 0 atom stereocenters. The van der Waals surface area contributed by atoms with Crippen molar-refractivity contribution in [2.75, 3.05) is 11.9 Å². The molecule has 0 radical (unpaired) electrons. The second kappa shape index (κ2) is 7.16. The molecule has 0 fully saturated rings. The van der Waals surface area contributed by atoms with Crippen LogP contribution in [0.15, 0.2) is 42.5 Å². The Morgan fingerprint density at radius 3 is 2.36 bits per heavy atom. The van der Waals surface area contributed by atoms with Gasteiger partial charge in [-0.25, -0.2) is 4.39 Å². The number of benzene rings is 2. The fraction of sp³-hybridized carbons (Fsp3) is 0.133. The lowest BCUT2D eigenvalue weighted by molar-refractivity contribution is -0.385. The van der Waals surface area contributed by atoms with Crippen LogP contribution in [0.1, 0.15) is 5.56 Å². The summed E-state index contributed by atoms with van der Waals surface area (Å²) in [5.74, 6) is -2.00. The summed E-state index contributed by atoms with van der Waals surface area (Å²) in [5, 5.41) is 13.1. The highest BCUT2D eigenvalue weighted by Crippen LogP contribution is 2.30. The van der Waals surface area contributed by atoms with Gasteiger partial charge in [-0.05, 0) is 30.3 Å². The van der Waals surface area contributed by atoms with Crippen LogP contribution < -0.4 is 10.1 Å². The molecule has 0 bridgehead atoms. The SMILES string of the molecule is O=C(COc1cc(F)ccc1[N+](=O)[O-])Nc1ccc(C(F)(F)F)cc1. The van der Waals surface area contributed by atoms with Gasteiger partial charge in [0, 0.05) is 17.8 Å². The number of ether oxygens (including phenoxy) is 1. The average molecular weight is 358 g/mol. The number of hydrogen-bond donors (Lipinski definition) is 1. The third kappa shape index (κ3) is 4.90. The summed E-state index contributed by atoms with van der Waals surface area (Å²) in [7, 11) is 0. The average Bonchev–Trinajstić information content (AvgIpc) is 2.52. The van der Waals surface area contributed by atoms with Crippen molar-refractivity contribution in [2.45, 2.75) is 6.18 Å². The van der Waals surface area contributed by atoms with Gasteiger partial charge in [-0.3, -0.25) is 14.9 Å². The van der Waals surface area contributed by atoms with Crippen molar-refractivity contribution in [1.29, 1.82) is 0 Å². The van der Waals surface area contributed by atoms with E-state index in [1.54, 1.807) is 0 Å². The molecule has 0 aliphatic heterocycles. The van der Waals surface area contributed by atoms with Crippen LogP contribution in [0.25, 0.3) is 0 Å². The number of alkyl halides is 3. The summed E-state index contributed by atoms with van der Waals surface area (Å²) in [5.41, 5.74) is -1.32. The summed E-state index contributed by atoms with van der Waals surface area (Å²) >= 11 is 0. The molecule has 10 heteroatoms. The summed E-state index contributed by atoms with van der Waals surface area (Å²) in [6.07, 6.45) is -4.50. The first-order valence-corrected chi connectivity index (χ1v) is 6.70. The van der Waals surface area contributed by atoms with Gasteiger partial charge in [0.15, 0.2) is 6.61 Å². The molecule has 6 nitrogen and oxygen atoms in total. The molecule has 0 aliphatic carbocycles. The second-order valence-corrected chi connectivity index (χ2v) is 4.78. The first-order chi connectivity index (χ1) is 11.7. The van der Waals surface area contributed by atoms with Gasteiger partial charge in [0.1, 0.15) is 5.82 Å². The van der Waals surface area contributed by atoms with Gasteiger partial charge < -0.3 is 10.1 Å². The van der Waals surface area contributed by atoms with Crippen molar-refractivity contribution in [1.82, 2.24) is 0 Å². The molecule has 0 saturated heterocycles. The molecule has 25 heavy (non-hydrogen) atoms. The predicted molar refractivity (Wildman–Crippen MR) is 78.6 cm³/mol. The van der Waals surface area contributed by atoms with Gasteiger partial charge in [-0.1, -0.05) is 0 Å². The minimum atomic E-state index is -4.50. The Labute approximate surface area is 138 Å². The zero-order valence-electron chi connectivity index (χ0n) is 12.3. The molecule has 1 amide bonds. The molecular formula is C15H10F4N2O4. The number of nitro benzene ring substituents is 1. The standard InChI is InChI=1S/C15H10F4N2O4/c16-10-3-6-12(21(23)24)13(7-10)25-8-14(22)20-11-4-1-9(2-5-11)15(17,18)19/h1-7H,8H2,(H,20,22). The minimum Gasteiger partial charge on any atom is -0.477 e. The number of halogens is 4. The van der Waals surface area contributed by atoms with Gasteiger partial charge in [-0.15, -0.1) is 0 Å². The molecule has 0 saturated carbocycles. The normalized spacial score (nSPS) is 11.0. The molecular weight excluding hydrogens is 348 g/mol. The number of nitro groups is 1. The zero-order chi connectivity index (χ0) is 18.6. The molecule has 132 valence electrons. The van der Waals surface area contributed by atoms with E-state index in [-0.39, 0.29) is 5.69 Å². The Morgan fingerprint density at radius 2 is 1.80 bits per heavy atom. The predicted octanol–water partition coefficient (Wildman–Crippen LogP) is 3.77. The summed E-state index contributed by atoms with van der Waals surface area (Å²) in [4.78, 5) is 21.7. The Kier molecular flexibility index (Phi) is 5.20. The third-order valence-corrected chi connectivity index (χ3v) is 2.97. The lowest BCUT2D eigenvalue weighted by atomic mass is 10.2. The highest BCUT2D eigenvalue weighted by Gasteiger charge is 2.30.